The molecular formula is C24H24N2O8S2. The maximum Gasteiger partial charge on any atom is 0.305 e. The van der Waals surface area contributed by atoms with Gasteiger partial charge in [-0.25, -0.2) is 0 Å². The lowest BCUT2D eigenvalue weighted by molar-refractivity contribution is -0.142. The molecule has 2 aliphatic carbocycles. The number of fused-ring (bicyclic) bond motifs is 9. The zero-order valence-electron chi connectivity index (χ0n) is 19.4. The molecule has 10 nitrogen and oxygen atoms in total. The first-order valence-corrected chi connectivity index (χ1v) is 13.4. The topological polar surface area (TPSA) is 146 Å². The van der Waals surface area contributed by atoms with Gasteiger partial charge in [-0.3, -0.25) is 24.1 Å². The Kier molecular flexibility index (Phi) is 5.38. The Morgan fingerprint density at radius 2 is 1.75 bits per heavy atom. The minimum absolute atomic E-state index is 0.000895. The summed E-state index contributed by atoms with van der Waals surface area (Å²) in [6.45, 7) is -0.113. The number of likely N-dealkylation sites (tertiary alicyclic amines) is 1. The Morgan fingerprint density at radius 1 is 1.11 bits per heavy atom. The number of imide groups is 1. The number of carbonyl (C=O) groups excluding carboxylic acids is 2. The summed E-state index contributed by atoms with van der Waals surface area (Å²) < 4.78 is 10.8. The number of nitrogens with one attached hydrogen (secondary N) is 1. The van der Waals surface area contributed by atoms with Crippen molar-refractivity contribution in [2.75, 3.05) is 20.8 Å². The van der Waals surface area contributed by atoms with Gasteiger partial charge in [-0.15, -0.1) is 11.8 Å². The predicted molar refractivity (Wildman–Crippen MR) is 129 cm³/mol. The number of aromatic hydroxyl groups is 1. The number of H-pyrrole nitrogens is 1. The van der Waals surface area contributed by atoms with E-state index in [0.29, 0.717) is 0 Å². The molecule has 190 valence electrons. The molecule has 2 amide bonds. The number of aliphatic carboxylic acids is 1. The first-order valence-electron chi connectivity index (χ1n) is 11.7. The molecule has 1 aromatic carbocycles. The van der Waals surface area contributed by atoms with Gasteiger partial charge in [-0.1, -0.05) is 11.3 Å². The van der Waals surface area contributed by atoms with E-state index in [1.54, 1.807) is 23.9 Å². The van der Waals surface area contributed by atoms with E-state index >= 15 is 0 Å². The molecular weight excluding hydrogens is 508 g/mol. The quantitative estimate of drug-likeness (QED) is 0.476. The summed E-state index contributed by atoms with van der Waals surface area (Å²) in [5, 5.41) is 20.3. The molecule has 2 saturated carbocycles. The second-order valence-electron chi connectivity index (χ2n) is 9.71. The number of aromatic nitrogens is 1. The van der Waals surface area contributed by atoms with Crippen LogP contribution in [-0.4, -0.2) is 63.9 Å². The number of methoxy groups -OCH3 is 2. The van der Waals surface area contributed by atoms with Crippen molar-refractivity contribution in [1.82, 2.24) is 9.88 Å². The summed E-state index contributed by atoms with van der Waals surface area (Å²) in [6.07, 6.45) is 0.450. The first-order chi connectivity index (χ1) is 17.2. The molecule has 1 aromatic heterocycles. The number of carboxylic acid groups (broad SMARTS) is 1. The molecule has 2 aromatic rings. The van der Waals surface area contributed by atoms with Crippen LogP contribution in [-0.2, 0) is 14.4 Å². The van der Waals surface area contributed by atoms with E-state index in [0.717, 1.165) is 38.1 Å². The van der Waals surface area contributed by atoms with Crippen LogP contribution in [0.3, 0.4) is 0 Å². The third-order valence-electron chi connectivity index (χ3n) is 8.23. The Hall–Kier alpha value is -2.99. The van der Waals surface area contributed by atoms with Crippen molar-refractivity contribution in [2.24, 2.45) is 29.6 Å². The summed E-state index contributed by atoms with van der Waals surface area (Å²) in [4.78, 5) is 54.9. The number of phenols is 1. The van der Waals surface area contributed by atoms with E-state index in [9.17, 15) is 24.3 Å². The highest BCUT2D eigenvalue weighted by Crippen LogP contribution is 2.68. The van der Waals surface area contributed by atoms with Gasteiger partial charge in [0, 0.05) is 22.6 Å². The minimum atomic E-state index is -1.05. The van der Waals surface area contributed by atoms with E-state index < -0.39 is 17.8 Å². The molecule has 0 radical (unpaired) electrons. The van der Waals surface area contributed by atoms with Crippen molar-refractivity contribution >= 4 is 40.9 Å². The van der Waals surface area contributed by atoms with Crippen LogP contribution < -0.4 is 14.3 Å². The van der Waals surface area contributed by atoms with Gasteiger partial charge < -0.3 is 24.7 Å². The van der Waals surface area contributed by atoms with Crippen LogP contribution >= 0.6 is 23.1 Å². The fraction of sp³-hybridized carbons (Fsp3) is 0.500. The number of phenolic OH excluding ortho intramolecular Hbond substituents is 1. The highest BCUT2D eigenvalue weighted by atomic mass is 32.2. The molecule has 0 spiro atoms. The summed E-state index contributed by atoms with van der Waals surface area (Å²) in [6, 6.07) is 3.49. The average Bonchev–Trinajstić information content (AvgIpc) is 3.57. The molecule has 2 aliphatic heterocycles. The van der Waals surface area contributed by atoms with Crippen LogP contribution in [0.5, 0.6) is 17.2 Å². The average molecular weight is 533 g/mol. The smallest absolute Gasteiger partial charge is 0.305 e. The number of aromatic amines is 1. The molecule has 2 bridgehead atoms. The van der Waals surface area contributed by atoms with E-state index in [-0.39, 0.29) is 75.8 Å². The fourth-order valence-corrected chi connectivity index (χ4v) is 9.86. The largest absolute Gasteiger partial charge is 0.502 e. The molecule has 3 N–H and O–H groups in total. The lowest BCUT2D eigenvalue weighted by atomic mass is 9.68. The SMILES string of the molecule is COc1cc([C@H]2c3sc(=O)[nH]c3S[C@@H]3[C@@H]4C[C@H]([C@H]5C(=O)N(CCC(=O)O)C(=O)[C@H]45)[C@H]23)cc(OC)c1O. The molecule has 1 saturated heterocycles. The van der Waals surface area contributed by atoms with Crippen LogP contribution in [0.2, 0.25) is 0 Å². The number of thiazole rings is 1. The van der Waals surface area contributed by atoms with Crippen LogP contribution in [0.15, 0.2) is 22.0 Å². The van der Waals surface area contributed by atoms with Crippen LogP contribution in [0.25, 0.3) is 0 Å². The Balaban J connectivity index is 1.45. The van der Waals surface area contributed by atoms with E-state index in [1.165, 1.54) is 14.2 Å². The second-order valence-corrected chi connectivity index (χ2v) is 11.9. The normalized spacial score (nSPS) is 31.8. The number of carbonyl (C=O) groups is 3. The number of nitrogens with zero attached hydrogens (tertiary/aromatic N) is 1. The highest BCUT2D eigenvalue weighted by molar-refractivity contribution is 8.00. The number of carboxylic acids is 1. The molecule has 4 aliphatic rings. The van der Waals surface area contributed by atoms with Crippen molar-refractivity contribution in [1.29, 1.82) is 0 Å². The Bertz CT molecular complexity index is 1330. The number of ether oxygens (including phenoxy) is 2. The highest BCUT2D eigenvalue weighted by Gasteiger charge is 2.69. The zero-order chi connectivity index (χ0) is 25.5. The molecule has 12 heteroatoms. The van der Waals surface area contributed by atoms with Crippen molar-refractivity contribution in [3.8, 4) is 17.2 Å². The maximum atomic E-state index is 13.4. The third-order valence-corrected chi connectivity index (χ3v) is 10.8. The Morgan fingerprint density at radius 3 is 2.36 bits per heavy atom. The van der Waals surface area contributed by atoms with Gasteiger partial charge >= 0.3 is 10.8 Å². The molecule has 3 fully saturated rings. The van der Waals surface area contributed by atoms with Crippen molar-refractivity contribution in [2.45, 2.75) is 29.0 Å². The number of rotatable bonds is 6. The minimum Gasteiger partial charge on any atom is -0.502 e. The number of benzene rings is 1. The standard InChI is InChI=1S/C24H24N2O8S2/c1-33-11-5-8(6-12(34-2)18(11)29)14-15-9-7-10(19(15)35-21-20(14)36-24(32)25-21)17-16(9)22(30)26(23(17)31)4-3-13(27)28/h5-6,9-10,14-17,19,29H,3-4,7H2,1-2H3,(H,25,32)(H,27,28)/t9-,10+,14+,15+,16+,17+,19+/m0/s1. The van der Waals surface area contributed by atoms with Gasteiger partial charge in [0.15, 0.2) is 11.5 Å². The van der Waals surface area contributed by atoms with Gasteiger partial charge in [-0.2, -0.15) is 0 Å². The number of hydrogen-bond donors (Lipinski definition) is 3. The van der Waals surface area contributed by atoms with Gasteiger partial charge in [0.2, 0.25) is 17.6 Å². The third kappa shape index (κ3) is 3.16. The fourth-order valence-electron chi connectivity index (χ4n) is 6.97. The molecule has 36 heavy (non-hydrogen) atoms. The summed E-state index contributed by atoms with van der Waals surface area (Å²) in [5.41, 5.74) is 0.803. The van der Waals surface area contributed by atoms with E-state index in [2.05, 4.69) is 4.98 Å². The number of hydrogen-bond acceptors (Lipinski definition) is 9. The molecule has 0 unspecified atom stereocenters. The van der Waals surface area contributed by atoms with Crippen LogP contribution in [0, 0.1) is 29.6 Å². The zero-order valence-corrected chi connectivity index (χ0v) is 21.1. The second kappa shape index (κ2) is 8.27. The maximum absolute atomic E-state index is 13.4. The summed E-state index contributed by atoms with van der Waals surface area (Å²) in [7, 11) is 2.91. The number of thioether (sulfide) groups is 1. The van der Waals surface area contributed by atoms with Gasteiger partial charge in [0.05, 0.1) is 37.5 Å². The molecule has 7 atom stereocenters. The van der Waals surface area contributed by atoms with Crippen LogP contribution in [0.1, 0.15) is 29.2 Å². The van der Waals surface area contributed by atoms with Crippen LogP contribution in [0.4, 0.5) is 0 Å². The van der Waals surface area contributed by atoms with Gasteiger partial charge in [-0.05, 0) is 41.9 Å². The predicted octanol–water partition coefficient (Wildman–Crippen LogP) is 2.11. The van der Waals surface area contributed by atoms with Gasteiger partial charge in [0.1, 0.15) is 0 Å². The van der Waals surface area contributed by atoms with Crippen molar-refractivity contribution in [3.05, 3.63) is 32.2 Å². The monoisotopic (exact) mass is 532 g/mol. The lowest BCUT2D eigenvalue weighted by Crippen LogP contribution is -2.42. The molecule has 6 rings (SSSR count). The van der Waals surface area contributed by atoms with Crippen molar-refractivity contribution in [3.63, 3.8) is 0 Å². The van der Waals surface area contributed by atoms with Crippen molar-refractivity contribution < 1.29 is 34.1 Å². The van der Waals surface area contributed by atoms with E-state index in [1.807, 2.05) is 0 Å². The summed E-state index contributed by atoms with van der Waals surface area (Å²) in [5.74, 6) is -2.61. The van der Waals surface area contributed by atoms with E-state index in [4.69, 9.17) is 14.6 Å². The first kappa shape index (κ1) is 23.4. The summed E-state index contributed by atoms with van der Waals surface area (Å²) >= 11 is 2.71. The van der Waals surface area contributed by atoms with Gasteiger partial charge in [0.25, 0.3) is 0 Å². The number of amides is 2. The molecule has 3 heterocycles. The lowest BCUT2D eigenvalue weighted by Gasteiger charge is -2.43. The Labute approximate surface area is 213 Å².